The van der Waals surface area contributed by atoms with Crippen molar-refractivity contribution in [2.75, 3.05) is 31.2 Å². The molecule has 0 aromatic heterocycles. The molecular weight excluding hydrogens is 376 g/mol. The Morgan fingerprint density at radius 1 is 1.11 bits per heavy atom. The van der Waals surface area contributed by atoms with Crippen LogP contribution in [0.4, 0.5) is 5.69 Å². The molecule has 0 aliphatic carbocycles. The maximum Gasteiger partial charge on any atom is 0.246 e. The number of nitrogens with one attached hydrogen (secondary N) is 1. The molecule has 7 heteroatoms. The summed E-state index contributed by atoms with van der Waals surface area (Å²) in [5, 5.41) is 0. The van der Waals surface area contributed by atoms with Gasteiger partial charge in [-0.15, -0.1) is 0 Å². The zero-order chi connectivity index (χ0) is 20.7. The van der Waals surface area contributed by atoms with Crippen LogP contribution >= 0.6 is 0 Å². The van der Waals surface area contributed by atoms with Gasteiger partial charge in [-0.25, -0.2) is 8.42 Å². The molecule has 2 rings (SSSR count). The Morgan fingerprint density at radius 3 is 2.29 bits per heavy atom. The number of amides is 1. The Labute approximate surface area is 166 Å². The predicted octanol–water partition coefficient (Wildman–Crippen LogP) is 3.23. The maximum atomic E-state index is 12.2. The molecule has 1 amide bonds. The number of benzene rings is 2. The van der Waals surface area contributed by atoms with E-state index < -0.39 is 10.0 Å². The average molecular weight is 403 g/mol. The Bertz CT molecular complexity index is 931. The van der Waals surface area contributed by atoms with Gasteiger partial charge in [0, 0.05) is 18.8 Å². The van der Waals surface area contributed by atoms with Crippen molar-refractivity contribution in [3.63, 3.8) is 0 Å². The standard InChI is InChI=1S/C21H26N2O4S/c1-16-13-17(2)15-20(14-16)27-12-11-23(3)21(24)10-7-18-5-8-19(9-6-18)22-28(4,25)26/h5-10,13-15,22H,11-12H2,1-4H3/b10-7+. The highest BCUT2D eigenvalue weighted by Gasteiger charge is 2.06. The number of ether oxygens (including phenoxy) is 1. The van der Waals surface area contributed by atoms with Crippen LogP contribution in [0.1, 0.15) is 16.7 Å². The summed E-state index contributed by atoms with van der Waals surface area (Å²) < 4.78 is 30.5. The van der Waals surface area contributed by atoms with Crippen LogP contribution in [0.5, 0.6) is 5.75 Å². The summed E-state index contributed by atoms with van der Waals surface area (Å²) in [6.45, 7) is 4.91. The van der Waals surface area contributed by atoms with Crippen LogP contribution in [0.3, 0.4) is 0 Å². The van der Waals surface area contributed by atoms with Crippen LogP contribution in [0.25, 0.3) is 6.08 Å². The number of carbonyl (C=O) groups excluding carboxylic acids is 1. The zero-order valence-corrected chi connectivity index (χ0v) is 17.4. The third kappa shape index (κ3) is 7.44. The van der Waals surface area contributed by atoms with Gasteiger partial charge < -0.3 is 9.64 Å². The van der Waals surface area contributed by atoms with E-state index in [1.807, 2.05) is 26.0 Å². The van der Waals surface area contributed by atoms with Crippen molar-refractivity contribution in [3.8, 4) is 5.75 Å². The summed E-state index contributed by atoms with van der Waals surface area (Å²) in [6, 6.07) is 12.8. The van der Waals surface area contributed by atoms with Gasteiger partial charge in [-0.2, -0.15) is 0 Å². The molecule has 0 heterocycles. The van der Waals surface area contributed by atoms with Crippen molar-refractivity contribution in [2.45, 2.75) is 13.8 Å². The summed E-state index contributed by atoms with van der Waals surface area (Å²) in [5.74, 6) is 0.666. The molecule has 150 valence electrons. The molecule has 1 N–H and O–H groups in total. The van der Waals surface area contributed by atoms with Crippen molar-refractivity contribution in [1.29, 1.82) is 0 Å². The fourth-order valence-corrected chi connectivity index (χ4v) is 3.16. The van der Waals surface area contributed by atoms with E-state index in [4.69, 9.17) is 4.74 Å². The number of sulfonamides is 1. The zero-order valence-electron chi connectivity index (χ0n) is 16.6. The second kappa shape index (κ2) is 9.41. The first kappa shape index (κ1) is 21.5. The lowest BCUT2D eigenvalue weighted by Crippen LogP contribution is -2.29. The topological polar surface area (TPSA) is 75.7 Å². The van der Waals surface area contributed by atoms with E-state index in [2.05, 4.69) is 10.8 Å². The minimum Gasteiger partial charge on any atom is -0.492 e. The largest absolute Gasteiger partial charge is 0.492 e. The van der Waals surface area contributed by atoms with Crippen molar-refractivity contribution in [2.24, 2.45) is 0 Å². The summed E-state index contributed by atoms with van der Waals surface area (Å²) in [7, 11) is -1.58. The molecular formula is C21H26N2O4S. The van der Waals surface area contributed by atoms with E-state index in [1.54, 1.807) is 42.3 Å². The van der Waals surface area contributed by atoms with Crippen LogP contribution < -0.4 is 9.46 Å². The second-order valence-corrected chi connectivity index (χ2v) is 8.51. The van der Waals surface area contributed by atoms with Crippen molar-refractivity contribution < 1.29 is 17.9 Å². The molecule has 0 saturated carbocycles. The molecule has 0 atom stereocenters. The van der Waals surface area contributed by atoms with Gasteiger partial charge in [0.2, 0.25) is 15.9 Å². The highest BCUT2D eigenvalue weighted by atomic mass is 32.2. The normalized spacial score (nSPS) is 11.4. The molecule has 0 aliphatic heterocycles. The molecule has 0 saturated heterocycles. The Kier molecular flexibility index (Phi) is 7.23. The molecule has 2 aromatic rings. The van der Waals surface area contributed by atoms with Gasteiger partial charge in [-0.3, -0.25) is 9.52 Å². The van der Waals surface area contributed by atoms with Crippen LogP contribution in [-0.4, -0.2) is 45.7 Å². The Balaban J connectivity index is 1.84. The third-order valence-electron chi connectivity index (χ3n) is 3.90. The third-order valence-corrected chi connectivity index (χ3v) is 4.51. The molecule has 0 radical (unpaired) electrons. The highest BCUT2D eigenvalue weighted by Crippen LogP contribution is 2.16. The summed E-state index contributed by atoms with van der Waals surface area (Å²) >= 11 is 0. The van der Waals surface area contributed by atoms with E-state index in [1.165, 1.54) is 6.08 Å². The molecule has 6 nitrogen and oxygen atoms in total. The second-order valence-electron chi connectivity index (χ2n) is 6.76. The van der Waals surface area contributed by atoms with E-state index in [-0.39, 0.29) is 5.91 Å². The van der Waals surface area contributed by atoms with Crippen molar-refractivity contribution in [3.05, 3.63) is 65.2 Å². The minimum atomic E-state index is -3.30. The molecule has 2 aromatic carbocycles. The molecule has 28 heavy (non-hydrogen) atoms. The molecule has 0 spiro atoms. The van der Waals surface area contributed by atoms with Crippen LogP contribution in [0.2, 0.25) is 0 Å². The molecule has 0 bridgehead atoms. The number of rotatable bonds is 8. The first-order chi connectivity index (χ1) is 13.1. The van der Waals surface area contributed by atoms with E-state index in [9.17, 15) is 13.2 Å². The SMILES string of the molecule is Cc1cc(C)cc(OCCN(C)C(=O)/C=C/c2ccc(NS(C)(=O)=O)cc2)c1. The van der Waals surface area contributed by atoms with Gasteiger partial charge >= 0.3 is 0 Å². The number of hydrogen-bond donors (Lipinski definition) is 1. The van der Waals surface area contributed by atoms with Gasteiger partial charge in [0.1, 0.15) is 12.4 Å². The average Bonchev–Trinajstić information content (AvgIpc) is 2.58. The fourth-order valence-electron chi connectivity index (χ4n) is 2.60. The van der Waals surface area contributed by atoms with Crippen molar-refractivity contribution in [1.82, 2.24) is 4.90 Å². The van der Waals surface area contributed by atoms with Crippen LogP contribution in [0, 0.1) is 13.8 Å². The quantitative estimate of drug-likeness (QED) is 0.688. The van der Waals surface area contributed by atoms with Crippen LogP contribution in [-0.2, 0) is 14.8 Å². The molecule has 0 unspecified atom stereocenters. The van der Waals surface area contributed by atoms with Gasteiger partial charge in [0.15, 0.2) is 0 Å². The summed E-state index contributed by atoms with van der Waals surface area (Å²) in [4.78, 5) is 13.8. The Hall–Kier alpha value is -2.80. The summed E-state index contributed by atoms with van der Waals surface area (Å²) in [5.41, 5.74) is 3.55. The highest BCUT2D eigenvalue weighted by molar-refractivity contribution is 7.92. The maximum absolute atomic E-state index is 12.2. The van der Waals surface area contributed by atoms with Gasteiger partial charge in [-0.1, -0.05) is 18.2 Å². The van der Waals surface area contributed by atoms with Gasteiger partial charge in [-0.05, 0) is 60.9 Å². The van der Waals surface area contributed by atoms with Crippen LogP contribution in [0.15, 0.2) is 48.5 Å². The number of aryl methyl sites for hydroxylation is 2. The lowest BCUT2D eigenvalue weighted by atomic mass is 10.1. The number of carbonyl (C=O) groups is 1. The molecule has 0 fully saturated rings. The summed E-state index contributed by atoms with van der Waals surface area (Å²) in [6.07, 6.45) is 4.27. The first-order valence-electron chi connectivity index (χ1n) is 8.84. The number of anilines is 1. The van der Waals surface area contributed by atoms with Gasteiger partial charge in [0.25, 0.3) is 0 Å². The number of likely N-dealkylation sites (N-methyl/N-ethyl adjacent to an activating group) is 1. The number of nitrogens with zero attached hydrogens (tertiary/aromatic N) is 1. The predicted molar refractivity (Wildman–Crippen MR) is 113 cm³/mol. The minimum absolute atomic E-state index is 0.137. The molecule has 0 aliphatic rings. The van der Waals surface area contributed by atoms with E-state index in [0.717, 1.165) is 28.7 Å². The Morgan fingerprint density at radius 2 is 1.71 bits per heavy atom. The lowest BCUT2D eigenvalue weighted by molar-refractivity contribution is -0.125. The smallest absolute Gasteiger partial charge is 0.246 e. The van der Waals surface area contributed by atoms with E-state index >= 15 is 0 Å². The monoisotopic (exact) mass is 402 g/mol. The number of hydrogen-bond acceptors (Lipinski definition) is 4. The lowest BCUT2D eigenvalue weighted by Gasteiger charge is -2.16. The van der Waals surface area contributed by atoms with E-state index in [0.29, 0.717) is 18.8 Å². The van der Waals surface area contributed by atoms with Crippen molar-refractivity contribution >= 4 is 27.7 Å². The fraction of sp³-hybridized carbons (Fsp3) is 0.286. The van der Waals surface area contributed by atoms with Gasteiger partial charge in [0.05, 0.1) is 12.8 Å². The first-order valence-corrected chi connectivity index (χ1v) is 10.7.